The molecule has 11 rings (SSSR count). The van der Waals surface area contributed by atoms with Crippen molar-refractivity contribution in [1.82, 2.24) is 14.0 Å². The minimum Gasteiger partial charge on any atom is -0.437 e. The van der Waals surface area contributed by atoms with Gasteiger partial charge in [0.15, 0.2) is 0 Å². The van der Waals surface area contributed by atoms with Crippen molar-refractivity contribution in [3.8, 4) is 27.9 Å². The van der Waals surface area contributed by atoms with Crippen LogP contribution in [0.5, 0.6) is 0 Å². The van der Waals surface area contributed by atoms with Crippen LogP contribution in [-0.4, -0.2) is 14.0 Å². The first-order valence-corrected chi connectivity index (χ1v) is 16.6. The summed E-state index contributed by atoms with van der Waals surface area (Å²) in [5.74, 6) is 0.836. The molecule has 0 fully saturated rings. The zero-order valence-electron chi connectivity index (χ0n) is 26.3. The van der Waals surface area contributed by atoms with Crippen molar-refractivity contribution in [3.63, 3.8) is 0 Å². The van der Waals surface area contributed by atoms with E-state index in [-0.39, 0.29) is 0 Å². The number of nitrogens with zero attached hydrogens (tertiary/aromatic N) is 3. The highest BCUT2D eigenvalue weighted by Gasteiger charge is 2.23. The number of fused-ring (bicyclic) bond motifs is 13. The van der Waals surface area contributed by atoms with Crippen molar-refractivity contribution in [2.75, 3.05) is 0 Å². The topological polar surface area (TPSA) is 35.4 Å². The molecular weight excluding hydrogens is 599 g/mol. The summed E-state index contributed by atoms with van der Waals surface area (Å²) in [5.41, 5.74) is 10.4. The number of benzene rings is 8. The minimum atomic E-state index is 0.788. The molecule has 0 spiro atoms. The van der Waals surface area contributed by atoms with Gasteiger partial charge in [0, 0.05) is 5.39 Å². The first-order valence-electron chi connectivity index (χ1n) is 16.6. The molecule has 0 saturated heterocycles. The Bertz CT molecular complexity index is 3000. The van der Waals surface area contributed by atoms with Crippen LogP contribution in [-0.2, 0) is 0 Å². The summed E-state index contributed by atoms with van der Waals surface area (Å²) in [6, 6.07) is 58.5. The third-order valence-electron chi connectivity index (χ3n) is 10.1. The summed E-state index contributed by atoms with van der Waals surface area (Å²) in [7, 11) is 0. The molecule has 11 aromatic rings. The number of rotatable bonds is 3. The van der Waals surface area contributed by atoms with Crippen molar-refractivity contribution in [3.05, 3.63) is 164 Å². The molecular formula is C45H27N3O. The van der Waals surface area contributed by atoms with Crippen molar-refractivity contribution < 1.29 is 4.42 Å². The van der Waals surface area contributed by atoms with Gasteiger partial charge in [-0.05, 0) is 103 Å². The van der Waals surface area contributed by atoms with Crippen LogP contribution >= 0.6 is 0 Å². The standard InChI is InChI=1S/C45H27N3O/c1-2-17-35-33(15-1)34-16-3-4-18-36(34)39-27-31(23-24-37(35)39)29-12-9-11-28(25-29)30-13-10-14-32(26-30)47-44-43(38-19-5-8-22-42(38)49-44)48-41-21-7-6-20-40(41)46-45(47)48/h1-27H. The molecule has 0 aliphatic carbocycles. The fraction of sp³-hybridized carbons (Fsp3) is 0. The number of para-hydroxylation sites is 3. The molecule has 4 nitrogen and oxygen atoms in total. The third kappa shape index (κ3) is 3.77. The molecule has 228 valence electrons. The third-order valence-corrected chi connectivity index (χ3v) is 10.1. The van der Waals surface area contributed by atoms with Crippen LogP contribution in [0.25, 0.3) is 99.3 Å². The Morgan fingerprint density at radius 2 is 1.00 bits per heavy atom. The number of hydrogen-bond donors (Lipinski definition) is 0. The van der Waals surface area contributed by atoms with Gasteiger partial charge in [-0.3, -0.25) is 4.40 Å². The van der Waals surface area contributed by atoms with E-state index < -0.39 is 0 Å². The predicted octanol–water partition coefficient (Wildman–Crippen LogP) is 12.0. The maximum absolute atomic E-state index is 6.55. The summed E-state index contributed by atoms with van der Waals surface area (Å²) in [6.45, 7) is 0. The number of aromatic nitrogens is 3. The molecule has 8 aromatic carbocycles. The van der Waals surface area contributed by atoms with E-state index in [1.807, 2.05) is 18.2 Å². The Labute approximate surface area is 280 Å². The monoisotopic (exact) mass is 625 g/mol. The van der Waals surface area contributed by atoms with Gasteiger partial charge in [0.05, 0.1) is 16.7 Å². The maximum Gasteiger partial charge on any atom is 0.232 e. The van der Waals surface area contributed by atoms with Gasteiger partial charge < -0.3 is 4.42 Å². The molecule has 49 heavy (non-hydrogen) atoms. The Hall–Kier alpha value is -6.65. The lowest BCUT2D eigenvalue weighted by Crippen LogP contribution is -1.95. The highest BCUT2D eigenvalue weighted by atomic mass is 16.3. The van der Waals surface area contributed by atoms with Crippen LogP contribution in [0.15, 0.2) is 168 Å². The van der Waals surface area contributed by atoms with E-state index in [1.54, 1.807) is 0 Å². The van der Waals surface area contributed by atoms with Gasteiger partial charge in [0.1, 0.15) is 11.1 Å². The average molecular weight is 626 g/mol. The molecule has 4 heteroatoms. The molecule has 0 bridgehead atoms. The zero-order chi connectivity index (χ0) is 32.1. The molecule has 0 saturated carbocycles. The van der Waals surface area contributed by atoms with Crippen LogP contribution in [0.1, 0.15) is 0 Å². The fourth-order valence-electron chi connectivity index (χ4n) is 7.88. The van der Waals surface area contributed by atoms with Crippen LogP contribution in [0.3, 0.4) is 0 Å². The molecule has 0 aliphatic heterocycles. The van der Waals surface area contributed by atoms with Crippen molar-refractivity contribution in [2.24, 2.45) is 0 Å². The predicted molar refractivity (Wildman–Crippen MR) is 203 cm³/mol. The number of hydrogen-bond acceptors (Lipinski definition) is 2. The Morgan fingerprint density at radius 1 is 0.429 bits per heavy atom. The molecule has 3 aromatic heterocycles. The first kappa shape index (κ1) is 26.4. The van der Waals surface area contributed by atoms with Gasteiger partial charge in [-0.1, -0.05) is 115 Å². The van der Waals surface area contributed by atoms with Crippen LogP contribution in [0, 0.1) is 0 Å². The Morgan fingerprint density at radius 3 is 1.76 bits per heavy atom. The summed E-state index contributed by atoms with van der Waals surface area (Å²) in [4.78, 5) is 5.10. The lowest BCUT2D eigenvalue weighted by molar-refractivity contribution is 0.645. The smallest absolute Gasteiger partial charge is 0.232 e. The van der Waals surface area contributed by atoms with Crippen LogP contribution in [0.4, 0.5) is 0 Å². The second-order valence-electron chi connectivity index (χ2n) is 12.8. The quantitative estimate of drug-likeness (QED) is 0.183. The summed E-state index contributed by atoms with van der Waals surface area (Å²) in [6.07, 6.45) is 0. The summed E-state index contributed by atoms with van der Waals surface area (Å²) in [5, 5.41) is 8.78. The molecule has 0 N–H and O–H groups in total. The van der Waals surface area contributed by atoms with E-state index in [2.05, 4.69) is 155 Å². The van der Waals surface area contributed by atoms with Gasteiger partial charge >= 0.3 is 0 Å². The molecule has 0 atom stereocenters. The molecule has 3 heterocycles. The minimum absolute atomic E-state index is 0.788. The highest BCUT2D eigenvalue weighted by molar-refractivity contribution is 6.25. The van der Waals surface area contributed by atoms with Crippen molar-refractivity contribution in [1.29, 1.82) is 0 Å². The fourth-order valence-corrected chi connectivity index (χ4v) is 7.88. The maximum atomic E-state index is 6.55. The van der Waals surface area contributed by atoms with Gasteiger partial charge in [-0.15, -0.1) is 0 Å². The van der Waals surface area contributed by atoms with Gasteiger partial charge in [-0.25, -0.2) is 9.55 Å². The van der Waals surface area contributed by atoms with E-state index in [9.17, 15) is 0 Å². The zero-order valence-corrected chi connectivity index (χ0v) is 26.3. The molecule has 0 aliphatic rings. The molecule has 0 amide bonds. The number of imidazole rings is 2. The number of furan rings is 1. The normalized spacial score (nSPS) is 12.1. The molecule has 0 unspecified atom stereocenters. The van der Waals surface area contributed by atoms with Crippen molar-refractivity contribution in [2.45, 2.75) is 0 Å². The van der Waals surface area contributed by atoms with Gasteiger partial charge in [-0.2, -0.15) is 0 Å². The Kier molecular flexibility index (Phi) is 5.35. The molecule has 0 radical (unpaired) electrons. The SMILES string of the molecule is c1cc(-c2cccc(-n3c4oc5ccccc5c4n4c5ccccc5nc34)c2)cc(-c2ccc3c4ccccc4c4ccccc4c3c2)c1. The van der Waals surface area contributed by atoms with E-state index in [0.29, 0.717) is 0 Å². The summed E-state index contributed by atoms with van der Waals surface area (Å²) >= 11 is 0. The second-order valence-corrected chi connectivity index (χ2v) is 12.8. The van der Waals surface area contributed by atoms with Gasteiger partial charge in [0.2, 0.25) is 11.5 Å². The van der Waals surface area contributed by atoms with Crippen LogP contribution in [0.2, 0.25) is 0 Å². The average Bonchev–Trinajstić information content (AvgIpc) is 3.82. The second kappa shape index (κ2) is 9.93. The lowest BCUT2D eigenvalue weighted by Gasteiger charge is -2.13. The summed E-state index contributed by atoms with van der Waals surface area (Å²) < 4.78 is 10.9. The van der Waals surface area contributed by atoms with Crippen LogP contribution < -0.4 is 0 Å². The van der Waals surface area contributed by atoms with E-state index >= 15 is 0 Å². The highest BCUT2D eigenvalue weighted by Crippen LogP contribution is 2.39. The van der Waals surface area contributed by atoms with E-state index in [1.165, 1.54) is 43.4 Å². The Balaban J connectivity index is 1.08. The van der Waals surface area contributed by atoms with E-state index in [0.717, 1.165) is 55.8 Å². The largest absolute Gasteiger partial charge is 0.437 e. The van der Waals surface area contributed by atoms with Crippen molar-refractivity contribution >= 4 is 71.3 Å². The first-order chi connectivity index (χ1) is 24.3. The lowest BCUT2D eigenvalue weighted by atomic mass is 9.91. The van der Waals surface area contributed by atoms with Gasteiger partial charge in [0.25, 0.3) is 0 Å². The van der Waals surface area contributed by atoms with E-state index in [4.69, 9.17) is 9.40 Å².